The standard InChI is InChI=1S/C13H15F5/c1-4-12(14,15)10-5-9(8(2)3)6-11(7-10)13(16,17)18/h5-8H,4H2,1-3H3. The minimum absolute atomic E-state index is 0.237. The number of benzene rings is 1. The van der Waals surface area contributed by atoms with Crippen LogP contribution in [0.5, 0.6) is 0 Å². The molecule has 1 aromatic carbocycles. The maximum absolute atomic E-state index is 13.5. The fraction of sp³-hybridized carbons (Fsp3) is 0.538. The van der Waals surface area contributed by atoms with Gasteiger partial charge < -0.3 is 0 Å². The van der Waals surface area contributed by atoms with Gasteiger partial charge in [0.05, 0.1) is 5.56 Å². The average molecular weight is 266 g/mol. The number of rotatable bonds is 3. The molecule has 0 bridgehead atoms. The van der Waals surface area contributed by atoms with Crippen molar-refractivity contribution < 1.29 is 22.0 Å². The molecular weight excluding hydrogens is 251 g/mol. The molecule has 0 heterocycles. The van der Waals surface area contributed by atoms with Crippen molar-refractivity contribution in [2.45, 2.75) is 45.2 Å². The molecule has 0 radical (unpaired) electrons. The van der Waals surface area contributed by atoms with Gasteiger partial charge in [0.25, 0.3) is 5.92 Å². The average Bonchev–Trinajstić information content (AvgIpc) is 2.27. The molecule has 0 aliphatic rings. The predicted octanol–water partition coefficient (Wildman–Crippen LogP) is 5.33. The minimum atomic E-state index is -4.61. The summed E-state index contributed by atoms with van der Waals surface area (Å²) in [5, 5.41) is 0. The third-order valence-electron chi connectivity index (χ3n) is 2.82. The highest BCUT2D eigenvalue weighted by Crippen LogP contribution is 2.38. The molecule has 102 valence electrons. The van der Waals surface area contributed by atoms with Crippen molar-refractivity contribution in [3.63, 3.8) is 0 Å². The zero-order chi connectivity index (χ0) is 14.1. The Hall–Kier alpha value is -1.13. The molecule has 0 unspecified atom stereocenters. The van der Waals surface area contributed by atoms with Crippen molar-refractivity contribution in [1.29, 1.82) is 0 Å². The summed E-state index contributed by atoms with van der Waals surface area (Å²) >= 11 is 0. The summed E-state index contributed by atoms with van der Waals surface area (Å²) in [5.41, 5.74) is -1.31. The highest BCUT2D eigenvalue weighted by atomic mass is 19.4. The zero-order valence-electron chi connectivity index (χ0n) is 10.4. The summed E-state index contributed by atoms with van der Waals surface area (Å²) < 4.78 is 65.0. The summed E-state index contributed by atoms with van der Waals surface area (Å²) in [4.78, 5) is 0. The van der Waals surface area contributed by atoms with Gasteiger partial charge in [-0.25, -0.2) is 8.78 Å². The highest BCUT2D eigenvalue weighted by molar-refractivity contribution is 5.35. The Morgan fingerprint density at radius 1 is 0.944 bits per heavy atom. The number of hydrogen-bond donors (Lipinski definition) is 0. The maximum atomic E-state index is 13.5. The second-order valence-corrected chi connectivity index (χ2v) is 4.55. The second-order valence-electron chi connectivity index (χ2n) is 4.55. The molecule has 0 spiro atoms. The van der Waals surface area contributed by atoms with Crippen molar-refractivity contribution in [2.75, 3.05) is 0 Å². The van der Waals surface area contributed by atoms with E-state index in [9.17, 15) is 22.0 Å². The van der Waals surface area contributed by atoms with Gasteiger partial charge in [0.2, 0.25) is 0 Å². The van der Waals surface area contributed by atoms with E-state index in [-0.39, 0.29) is 11.5 Å². The van der Waals surface area contributed by atoms with Crippen LogP contribution in [0.2, 0.25) is 0 Å². The van der Waals surface area contributed by atoms with E-state index in [0.717, 1.165) is 12.1 Å². The summed E-state index contributed by atoms with van der Waals surface area (Å²) in [5.74, 6) is -3.47. The molecule has 0 amide bonds. The predicted molar refractivity (Wildman–Crippen MR) is 59.7 cm³/mol. The molecule has 0 N–H and O–H groups in total. The van der Waals surface area contributed by atoms with Crippen LogP contribution in [-0.4, -0.2) is 0 Å². The van der Waals surface area contributed by atoms with Crippen LogP contribution in [0.25, 0.3) is 0 Å². The SMILES string of the molecule is CCC(F)(F)c1cc(C(C)C)cc(C(F)(F)F)c1. The molecular formula is C13H15F5. The molecule has 0 fully saturated rings. The van der Waals surface area contributed by atoms with E-state index in [0.29, 0.717) is 6.07 Å². The van der Waals surface area contributed by atoms with E-state index in [1.54, 1.807) is 13.8 Å². The van der Waals surface area contributed by atoms with Crippen LogP contribution in [-0.2, 0) is 12.1 Å². The quantitative estimate of drug-likeness (QED) is 0.648. The molecule has 0 aliphatic carbocycles. The van der Waals surface area contributed by atoms with Gasteiger partial charge in [0.15, 0.2) is 0 Å². The van der Waals surface area contributed by atoms with Crippen LogP contribution in [0.15, 0.2) is 18.2 Å². The summed E-state index contributed by atoms with van der Waals surface area (Å²) in [6.07, 6.45) is -5.13. The fourth-order valence-electron chi connectivity index (χ4n) is 1.56. The molecule has 1 rings (SSSR count). The Bertz CT molecular complexity index is 418. The molecule has 0 saturated heterocycles. The lowest BCUT2D eigenvalue weighted by molar-refractivity contribution is -0.137. The molecule has 1 aromatic rings. The van der Waals surface area contributed by atoms with Crippen molar-refractivity contribution in [1.82, 2.24) is 0 Å². The summed E-state index contributed by atoms with van der Waals surface area (Å²) in [6.45, 7) is 4.59. The monoisotopic (exact) mass is 266 g/mol. The molecule has 0 nitrogen and oxygen atoms in total. The van der Waals surface area contributed by atoms with Crippen LogP contribution in [0.3, 0.4) is 0 Å². The van der Waals surface area contributed by atoms with Crippen LogP contribution < -0.4 is 0 Å². The van der Waals surface area contributed by atoms with Gasteiger partial charge in [-0.05, 0) is 29.7 Å². The Labute approximate surface area is 103 Å². The Balaban J connectivity index is 3.41. The van der Waals surface area contributed by atoms with E-state index >= 15 is 0 Å². The first kappa shape index (κ1) is 14.9. The second kappa shape index (κ2) is 4.86. The summed E-state index contributed by atoms with van der Waals surface area (Å²) in [6, 6.07) is 2.62. The van der Waals surface area contributed by atoms with Gasteiger partial charge in [0, 0.05) is 12.0 Å². The maximum Gasteiger partial charge on any atom is 0.416 e. The van der Waals surface area contributed by atoms with E-state index in [1.807, 2.05) is 0 Å². The van der Waals surface area contributed by atoms with Gasteiger partial charge in [-0.3, -0.25) is 0 Å². The first-order valence-electron chi connectivity index (χ1n) is 5.68. The van der Waals surface area contributed by atoms with Crippen molar-refractivity contribution in [3.8, 4) is 0 Å². The van der Waals surface area contributed by atoms with Crippen LogP contribution in [0.4, 0.5) is 22.0 Å². The zero-order valence-corrected chi connectivity index (χ0v) is 10.4. The van der Waals surface area contributed by atoms with Crippen LogP contribution in [0.1, 0.15) is 49.8 Å². The lowest BCUT2D eigenvalue weighted by Gasteiger charge is -2.19. The van der Waals surface area contributed by atoms with E-state index in [1.165, 1.54) is 6.92 Å². The molecule has 18 heavy (non-hydrogen) atoms. The lowest BCUT2D eigenvalue weighted by Crippen LogP contribution is -2.15. The normalized spacial score (nSPS) is 13.2. The van der Waals surface area contributed by atoms with Gasteiger partial charge in [-0.2, -0.15) is 13.2 Å². The first-order valence-corrected chi connectivity index (χ1v) is 5.68. The van der Waals surface area contributed by atoms with Crippen molar-refractivity contribution in [3.05, 3.63) is 34.9 Å². The van der Waals surface area contributed by atoms with Crippen LogP contribution >= 0.6 is 0 Å². The van der Waals surface area contributed by atoms with Crippen molar-refractivity contribution >= 4 is 0 Å². The molecule has 0 saturated carbocycles. The Morgan fingerprint density at radius 2 is 1.44 bits per heavy atom. The largest absolute Gasteiger partial charge is 0.416 e. The number of hydrogen-bond acceptors (Lipinski definition) is 0. The van der Waals surface area contributed by atoms with E-state index in [2.05, 4.69) is 0 Å². The Kier molecular flexibility index (Phi) is 4.03. The van der Waals surface area contributed by atoms with Gasteiger partial charge in [0.1, 0.15) is 0 Å². The fourth-order valence-corrected chi connectivity index (χ4v) is 1.56. The lowest BCUT2D eigenvalue weighted by atomic mass is 9.94. The molecule has 0 atom stereocenters. The Morgan fingerprint density at radius 3 is 1.83 bits per heavy atom. The third kappa shape index (κ3) is 3.21. The van der Waals surface area contributed by atoms with Crippen molar-refractivity contribution in [2.24, 2.45) is 0 Å². The van der Waals surface area contributed by atoms with E-state index in [4.69, 9.17) is 0 Å². The van der Waals surface area contributed by atoms with Gasteiger partial charge in [-0.15, -0.1) is 0 Å². The highest BCUT2D eigenvalue weighted by Gasteiger charge is 2.36. The first-order chi connectivity index (χ1) is 8.08. The van der Waals surface area contributed by atoms with Gasteiger partial charge >= 0.3 is 6.18 Å². The molecule has 0 aromatic heterocycles. The summed E-state index contributed by atoms with van der Waals surface area (Å²) in [7, 11) is 0. The number of halogens is 5. The molecule has 5 heteroatoms. The smallest absolute Gasteiger partial charge is 0.201 e. The van der Waals surface area contributed by atoms with E-state index < -0.39 is 29.6 Å². The minimum Gasteiger partial charge on any atom is -0.201 e. The third-order valence-corrected chi connectivity index (χ3v) is 2.82. The van der Waals surface area contributed by atoms with Crippen LogP contribution in [0, 0.1) is 0 Å². The van der Waals surface area contributed by atoms with Gasteiger partial charge in [-0.1, -0.05) is 20.8 Å². The topological polar surface area (TPSA) is 0 Å². The number of alkyl halides is 5. The molecule has 0 aliphatic heterocycles.